The Kier molecular flexibility index (Phi) is 4.05. The Labute approximate surface area is 131 Å². The highest BCUT2D eigenvalue weighted by Crippen LogP contribution is 2.15. The summed E-state index contributed by atoms with van der Waals surface area (Å²) < 4.78 is 0. The van der Waals surface area contributed by atoms with Gasteiger partial charge in [-0.1, -0.05) is 11.6 Å². The molecule has 2 aromatic heterocycles. The van der Waals surface area contributed by atoms with Crippen molar-refractivity contribution >= 4 is 33.8 Å². The van der Waals surface area contributed by atoms with Gasteiger partial charge in [-0.2, -0.15) is 11.3 Å². The standard InChI is InChI=1S/C15H14ClN3OS/c1-19(7-10-4-5-21-9-10)8-14-17-13-6-11(16)2-3-12(13)15(20)18-14/h2-6,9H,7-8H2,1H3,(H,17,18,20). The van der Waals surface area contributed by atoms with Crippen LogP contribution in [-0.2, 0) is 13.1 Å². The average molecular weight is 320 g/mol. The lowest BCUT2D eigenvalue weighted by atomic mass is 10.2. The van der Waals surface area contributed by atoms with Gasteiger partial charge in [0.1, 0.15) is 5.82 Å². The lowest BCUT2D eigenvalue weighted by Gasteiger charge is -2.15. The molecule has 108 valence electrons. The third-order valence-corrected chi connectivity index (χ3v) is 4.14. The Morgan fingerprint density at radius 2 is 2.19 bits per heavy atom. The highest BCUT2D eigenvalue weighted by Gasteiger charge is 2.07. The summed E-state index contributed by atoms with van der Waals surface area (Å²) in [6, 6.07) is 7.21. The van der Waals surface area contributed by atoms with E-state index in [1.165, 1.54) is 5.56 Å². The van der Waals surface area contributed by atoms with E-state index in [0.717, 1.165) is 6.54 Å². The van der Waals surface area contributed by atoms with E-state index in [9.17, 15) is 4.79 Å². The zero-order valence-electron chi connectivity index (χ0n) is 11.5. The molecular formula is C15H14ClN3OS. The van der Waals surface area contributed by atoms with Crippen LogP contribution in [0.25, 0.3) is 10.9 Å². The maximum absolute atomic E-state index is 12.1. The Hall–Kier alpha value is -1.69. The van der Waals surface area contributed by atoms with Crippen molar-refractivity contribution in [3.8, 4) is 0 Å². The van der Waals surface area contributed by atoms with Gasteiger partial charge in [-0.15, -0.1) is 0 Å². The molecule has 4 nitrogen and oxygen atoms in total. The second kappa shape index (κ2) is 5.97. The molecule has 1 N–H and O–H groups in total. The highest BCUT2D eigenvalue weighted by atomic mass is 35.5. The van der Waals surface area contributed by atoms with Crippen LogP contribution in [0.3, 0.4) is 0 Å². The first-order chi connectivity index (χ1) is 10.1. The summed E-state index contributed by atoms with van der Waals surface area (Å²) in [7, 11) is 2.00. The number of nitrogens with zero attached hydrogens (tertiary/aromatic N) is 2. The van der Waals surface area contributed by atoms with Gasteiger partial charge >= 0.3 is 0 Å². The van der Waals surface area contributed by atoms with E-state index >= 15 is 0 Å². The number of H-pyrrole nitrogens is 1. The van der Waals surface area contributed by atoms with Gasteiger partial charge in [0, 0.05) is 11.6 Å². The number of aromatic amines is 1. The van der Waals surface area contributed by atoms with Crippen molar-refractivity contribution in [1.82, 2.24) is 14.9 Å². The summed E-state index contributed by atoms with van der Waals surface area (Å²) in [5, 5.41) is 5.32. The topological polar surface area (TPSA) is 49.0 Å². The lowest BCUT2D eigenvalue weighted by molar-refractivity contribution is 0.311. The van der Waals surface area contributed by atoms with Crippen LogP contribution in [-0.4, -0.2) is 21.9 Å². The molecule has 3 rings (SSSR count). The van der Waals surface area contributed by atoms with E-state index in [1.54, 1.807) is 29.5 Å². The van der Waals surface area contributed by atoms with E-state index in [4.69, 9.17) is 11.6 Å². The first-order valence-corrected chi connectivity index (χ1v) is 7.82. The molecule has 3 aromatic rings. The van der Waals surface area contributed by atoms with Gasteiger partial charge in [0.15, 0.2) is 0 Å². The second-order valence-electron chi connectivity index (χ2n) is 4.98. The largest absolute Gasteiger partial charge is 0.309 e. The summed E-state index contributed by atoms with van der Waals surface area (Å²) in [5.74, 6) is 0.646. The third-order valence-electron chi connectivity index (χ3n) is 3.17. The average Bonchev–Trinajstić information content (AvgIpc) is 2.90. The Bertz CT molecular complexity index is 813. The molecule has 0 saturated heterocycles. The molecule has 0 unspecified atom stereocenters. The zero-order valence-corrected chi connectivity index (χ0v) is 13.0. The zero-order chi connectivity index (χ0) is 14.8. The quantitative estimate of drug-likeness (QED) is 0.803. The minimum Gasteiger partial charge on any atom is -0.309 e. The van der Waals surface area contributed by atoms with Gasteiger partial charge < -0.3 is 4.98 Å². The number of hydrogen-bond acceptors (Lipinski definition) is 4. The molecule has 0 fully saturated rings. The lowest BCUT2D eigenvalue weighted by Crippen LogP contribution is -2.21. The van der Waals surface area contributed by atoms with E-state index in [1.807, 2.05) is 7.05 Å². The summed E-state index contributed by atoms with van der Waals surface area (Å²) in [6.45, 7) is 1.40. The molecular weight excluding hydrogens is 306 g/mol. The summed E-state index contributed by atoms with van der Waals surface area (Å²) in [4.78, 5) is 21.5. The van der Waals surface area contributed by atoms with Gasteiger partial charge in [0.05, 0.1) is 17.4 Å². The van der Waals surface area contributed by atoms with Gasteiger partial charge in [-0.25, -0.2) is 4.98 Å². The van der Waals surface area contributed by atoms with Crippen LogP contribution in [0, 0.1) is 0 Å². The fraction of sp³-hybridized carbons (Fsp3) is 0.200. The number of rotatable bonds is 4. The molecule has 0 saturated carbocycles. The number of nitrogens with one attached hydrogen (secondary N) is 1. The predicted octanol–water partition coefficient (Wildman–Crippen LogP) is 3.27. The normalized spacial score (nSPS) is 11.4. The van der Waals surface area contributed by atoms with Crippen molar-refractivity contribution in [2.24, 2.45) is 0 Å². The molecule has 0 amide bonds. The van der Waals surface area contributed by atoms with Crippen LogP contribution in [0.15, 0.2) is 39.8 Å². The fourth-order valence-corrected chi connectivity index (χ4v) is 3.07. The Morgan fingerprint density at radius 1 is 1.33 bits per heavy atom. The second-order valence-corrected chi connectivity index (χ2v) is 6.19. The minimum atomic E-state index is -0.129. The van der Waals surface area contributed by atoms with Crippen molar-refractivity contribution in [2.75, 3.05) is 7.05 Å². The molecule has 21 heavy (non-hydrogen) atoms. The maximum Gasteiger partial charge on any atom is 0.258 e. The smallest absolute Gasteiger partial charge is 0.258 e. The van der Waals surface area contributed by atoms with E-state index in [2.05, 4.69) is 31.7 Å². The fourth-order valence-electron chi connectivity index (χ4n) is 2.24. The molecule has 6 heteroatoms. The number of halogens is 1. The molecule has 2 heterocycles. The van der Waals surface area contributed by atoms with E-state index in [0.29, 0.717) is 28.3 Å². The first kappa shape index (κ1) is 14.3. The first-order valence-electron chi connectivity index (χ1n) is 6.50. The molecule has 0 bridgehead atoms. The number of thiophene rings is 1. The van der Waals surface area contributed by atoms with E-state index in [-0.39, 0.29) is 5.56 Å². The van der Waals surface area contributed by atoms with Gasteiger partial charge in [-0.05, 0) is 47.6 Å². The summed E-state index contributed by atoms with van der Waals surface area (Å²) in [6.07, 6.45) is 0. The van der Waals surface area contributed by atoms with Crippen LogP contribution in [0.4, 0.5) is 0 Å². The number of hydrogen-bond donors (Lipinski definition) is 1. The van der Waals surface area contributed by atoms with Crippen LogP contribution < -0.4 is 5.56 Å². The molecule has 0 atom stereocenters. The maximum atomic E-state index is 12.1. The van der Waals surface area contributed by atoms with Gasteiger partial charge in [0.2, 0.25) is 0 Å². The van der Waals surface area contributed by atoms with Gasteiger partial charge in [0.25, 0.3) is 5.56 Å². The molecule has 0 aliphatic heterocycles. The van der Waals surface area contributed by atoms with Crippen LogP contribution >= 0.6 is 22.9 Å². The van der Waals surface area contributed by atoms with Crippen molar-refractivity contribution in [2.45, 2.75) is 13.1 Å². The monoisotopic (exact) mass is 319 g/mol. The van der Waals surface area contributed by atoms with Crippen LogP contribution in [0.5, 0.6) is 0 Å². The highest BCUT2D eigenvalue weighted by molar-refractivity contribution is 7.07. The SMILES string of the molecule is CN(Cc1ccsc1)Cc1nc2cc(Cl)ccc2c(=O)[nH]1. The van der Waals surface area contributed by atoms with Gasteiger partial charge in [-0.3, -0.25) is 9.69 Å². The summed E-state index contributed by atoms with van der Waals surface area (Å²) >= 11 is 7.64. The summed E-state index contributed by atoms with van der Waals surface area (Å²) in [5.41, 5.74) is 1.76. The molecule has 0 aliphatic rings. The molecule has 1 aromatic carbocycles. The minimum absolute atomic E-state index is 0.129. The van der Waals surface area contributed by atoms with Crippen molar-refractivity contribution in [3.05, 3.63) is 61.8 Å². The van der Waals surface area contributed by atoms with E-state index < -0.39 is 0 Å². The predicted molar refractivity (Wildman–Crippen MR) is 86.9 cm³/mol. The van der Waals surface area contributed by atoms with Crippen LogP contribution in [0.1, 0.15) is 11.4 Å². The molecule has 0 spiro atoms. The molecule has 0 aliphatic carbocycles. The van der Waals surface area contributed by atoms with Crippen molar-refractivity contribution < 1.29 is 0 Å². The number of aromatic nitrogens is 2. The Morgan fingerprint density at radius 3 is 2.95 bits per heavy atom. The van der Waals surface area contributed by atoms with Crippen molar-refractivity contribution in [3.63, 3.8) is 0 Å². The number of benzene rings is 1. The Balaban J connectivity index is 1.85. The van der Waals surface area contributed by atoms with Crippen LogP contribution in [0.2, 0.25) is 5.02 Å². The molecule has 0 radical (unpaired) electrons. The number of fused-ring (bicyclic) bond motifs is 1. The van der Waals surface area contributed by atoms with Crippen molar-refractivity contribution in [1.29, 1.82) is 0 Å². The third kappa shape index (κ3) is 3.32.